The molecule has 5 aromatic carbocycles. The molecular formula is C53H58N4O3. The van der Waals surface area contributed by atoms with Crippen molar-refractivity contribution < 1.29 is 14.6 Å². The zero-order chi connectivity index (χ0) is 42.6. The van der Waals surface area contributed by atoms with Gasteiger partial charge in [0.05, 0.1) is 39.9 Å². The minimum absolute atomic E-state index is 0.140. The Kier molecular flexibility index (Phi) is 7.98. The first kappa shape index (κ1) is 38.5. The first-order valence-corrected chi connectivity index (χ1v) is 21.5. The molecule has 0 amide bonds. The van der Waals surface area contributed by atoms with Crippen LogP contribution >= 0.6 is 0 Å². The van der Waals surface area contributed by atoms with Crippen molar-refractivity contribution in [1.29, 1.82) is 0 Å². The highest BCUT2D eigenvalue weighted by atomic mass is 16.5. The molecule has 60 heavy (non-hydrogen) atoms. The number of phenols is 1. The van der Waals surface area contributed by atoms with Crippen LogP contribution in [0.3, 0.4) is 0 Å². The summed E-state index contributed by atoms with van der Waals surface area (Å²) in [5, 5.41) is 27.4. The van der Waals surface area contributed by atoms with Crippen molar-refractivity contribution in [3.05, 3.63) is 117 Å². The summed E-state index contributed by atoms with van der Waals surface area (Å²) in [4.78, 5) is 5.48. The SMILES string of the molecule is Cc1c2cc(C(C)(C)C)cc1C1Nc3c(c(C(C)(C)C)cc4cc(C(C)(C)C)c5c(c34)NC(O5)c3cc(C(C)(C)C)cc(c3O)C3C=Cc4ccc5ccc-2nc5c4N3)O1. The lowest BCUT2D eigenvalue weighted by molar-refractivity contribution is 0.248. The normalized spacial score (nSPS) is 18.9. The van der Waals surface area contributed by atoms with Gasteiger partial charge in [0, 0.05) is 38.6 Å². The van der Waals surface area contributed by atoms with Gasteiger partial charge in [0.2, 0.25) is 0 Å². The van der Waals surface area contributed by atoms with E-state index in [1.165, 1.54) is 5.56 Å². The van der Waals surface area contributed by atoms with E-state index in [0.717, 1.165) is 100 Å². The van der Waals surface area contributed by atoms with Gasteiger partial charge in [0.1, 0.15) is 17.2 Å². The molecule has 6 aromatic rings. The van der Waals surface area contributed by atoms with Crippen molar-refractivity contribution in [2.24, 2.45) is 0 Å². The Labute approximate surface area is 354 Å². The van der Waals surface area contributed by atoms with Crippen LogP contribution in [0, 0.1) is 6.92 Å². The number of anilines is 3. The Balaban J connectivity index is 1.32. The average Bonchev–Trinajstić information content (AvgIpc) is 3.80. The third-order valence-corrected chi connectivity index (χ3v) is 13.2. The predicted molar refractivity (Wildman–Crippen MR) is 248 cm³/mol. The lowest BCUT2D eigenvalue weighted by Crippen LogP contribution is -2.19. The van der Waals surface area contributed by atoms with Gasteiger partial charge in [0.15, 0.2) is 12.5 Å². The fraction of sp³-hybridized carbons (Fsp3) is 0.377. The number of aromatic nitrogens is 1. The number of hydrogen-bond acceptors (Lipinski definition) is 7. The first-order chi connectivity index (χ1) is 28.1. The van der Waals surface area contributed by atoms with Crippen LogP contribution in [0.15, 0.2) is 66.7 Å². The molecule has 3 atom stereocenters. The second-order valence-corrected chi connectivity index (χ2v) is 21.7. The maximum atomic E-state index is 12.5. The van der Waals surface area contributed by atoms with Crippen LogP contribution in [0.5, 0.6) is 17.2 Å². The van der Waals surface area contributed by atoms with E-state index in [0.29, 0.717) is 5.56 Å². The first-order valence-electron chi connectivity index (χ1n) is 21.5. The van der Waals surface area contributed by atoms with Gasteiger partial charge in [-0.15, -0.1) is 0 Å². The van der Waals surface area contributed by atoms with E-state index in [1.807, 2.05) is 0 Å². The lowest BCUT2D eigenvalue weighted by atomic mass is 9.81. The van der Waals surface area contributed by atoms with Crippen LogP contribution < -0.4 is 25.4 Å². The van der Waals surface area contributed by atoms with Gasteiger partial charge in [0.25, 0.3) is 0 Å². The second kappa shape index (κ2) is 12.4. The molecule has 5 heterocycles. The number of aromatic hydroxyl groups is 1. The number of phenolic OH excluding ortho intramolecular Hbond substituents is 1. The molecule has 0 aliphatic carbocycles. The van der Waals surface area contributed by atoms with E-state index in [9.17, 15) is 5.11 Å². The summed E-state index contributed by atoms with van der Waals surface area (Å²) < 4.78 is 14.4. The number of rotatable bonds is 0. The van der Waals surface area contributed by atoms with E-state index in [4.69, 9.17) is 14.5 Å². The maximum absolute atomic E-state index is 12.5. The molecule has 0 saturated heterocycles. The number of pyridine rings is 1. The van der Waals surface area contributed by atoms with Gasteiger partial charge in [-0.05, 0) is 98.7 Å². The van der Waals surface area contributed by atoms with E-state index in [2.05, 4.69) is 179 Å². The lowest BCUT2D eigenvalue weighted by Gasteiger charge is -2.29. The van der Waals surface area contributed by atoms with E-state index in [1.54, 1.807) is 0 Å². The summed E-state index contributed by atoms with van der Waals surface area (Å²) >= 11 is 0. The molecule has 4 aliphatic rings. The highest BCUT2D eigenvalue weighted by Gasteiger charge is 2.40. The molecule has 0 radical (unpaired) electrons. The Morgan fingerprint density at radius 2 is 1.13 bits per heavy atom. The fourth-order valence-corrected chi connectivity index (χ4v) is 9.50. The number of nitrogens with zero attached hydrogens (tertiary/aromatic N) is 1. The highest BCUT2D eigenvalue weighted by molar-refractivity contribution is 6.10. The summed E-state index contributed by atoms with van der Waals surface area (Å²) in [7, 11) is 0. The summed E-state index contributed by atoms with van der Waals surface area (Å²) in [5.41, 5.74) is 14.2. The molecule has 0 fully saturated rings. The third-order valence-electron chi connectivity index (χ3n) is 13.2. The molecule has 10 rings (SSSR count). The molecule has 3 unspecified atom stereocenters. The topological polar surface area (TPSA) is 87.7 Å². The molecule has 1 aromatic heterocycles. The number of fused-ring (bicyclic) bond motifs is 12. The van der Waals surface area contributed by atoms with Gasteiger partial charge in [-0.3, -0.25) is 0 Å². The maximum Gasteiger partial charge on any atom is 0.200 e. The summed E-state index contributed by atoms with van der Waals surface area (Å²) in [6.45, 7) is 29.2. The zero-order valence-corrected chi connectivity index (χ0v) is 37.4. The molecule has 7 heteroatoms. The van der Waals surface area contributed by atoms with Crippen LogP contribution in [0.1, 0.15) is 152 Å². The number of hydrogen-bond donors (Lipinski definition) is 4. The minimum Gasteiger partial charge on any atom is -0.507 e. The van der Waals surface area contributed by atoms with Crippen molar-refractivity contribution in [3.8, 4) is 28.5 Å². The van der Waals surface area contributed by atoms with Crippen molar-refractivity contribution in [1.82, 2.24) is 4.98 Å². The quantitative estimate of drug-likeness (QED) is 0.122. The Bertz CT molecular complexity index is 2880. The summed E-state index contributed by atoms with van der Waals surface area (Å²) in [6.07, 6.45) is 3.20. The van der Waals surface area contributed by atoms with E-state index >= 15 is 0 Å². The molecule has 7 nitrogen and oxygen atoms in total. The predicted octanol–water partition coefficient (Wildman–Crippen LogP) is 13.8. The van der Waals surface area contributed by atoms with Crippen molar-refractivity contribution >= 4 is 44.8 Å². The summed E-state index contributed by atoms with van der Waals surface area (Å²) in [6, 6.07) is 21.9. The number of nitrogens with one attached hydrogen (secondary N) is 3. The molecule has 4 aliphatic heterocycles. The van der Waals surface area contributed by atoms with Gasteiger partial charge in [-0.2, -0.15) is 0 Å². The summed E-state index contributed by atoms with van der Waals surface area (Å²) in [5.74, 6) is 1.86. The zero-order valence-electron chi connectivity index (χ0n) is 37.4. The molecule has 4 N–H and O–H groups in total. The van der Waals surface area contributed by atoms with Crippen LogP contribution in [-0.2, 0) is 21.7 Å². The Morgan fingerprint density at radius 3 is 1.73 bits per heavy atom. The second-order valence-electron chi connectivity index (χ2n) is 21.7. The van der Waals surface area contributed by atoms with Gasteiger partial charge in [-0.25, -0.2) is 4.98 Å². The molecular weight excluding hydrogens is 741 g/mol. The third kappa shape index (κ3) is 5.86. The van der Waals surface area contributed by atoms with Crippen LogP contribution in [-0.4, -0.2) is 10.1 Å². The Hall–Kier alpha value is -5.69. The molecule has 0 spiro atoms. The van der Waals surface area contributed by atoms with Gasteiger partial charge < -0.3 is 30.5 Å². The van der Waals surface area contributed by atoms with Gasteiger partial charge in [-0.1, -0.05) is 113 Å². The number of benzene rings is 5. The average molecular weight is 799 g/mol. The molecule has 308 valence electrons. The number of ether oxygens (including phenoxy) is 2. The standard InChI is InChI=1S/C53H58N4O3/c1-26-32-22-30(50(2,3)4)23-33(26)48-56-43-40-29(20-36(46(43)59-48)52(8,9)10)21-37(53(11,12)13)47-44(40)57-49(60-47)35-25-31(51(5,6)7)24-34(45(35)58)39-19-17-28-15-14-27-16-18-38(32)54-41(27)42(28)55-39/h14-25,39,48-49,55-58H,1-13H3. The van der Waals surface area contributed by atoms with Crippen molar-refractivity contribution in [2.75, 3.05) is 16.0 Å². The van der Waals surface area contributed by atoms with E-state index in [-0.39, 0.29) is 33.5 Å². The van der Waals surface area contributed by atoms with E-state index < -0.39 is 12.5 Å². The highest BCUT2D eigenvalue weighted by Crippen LogP contribution is 2.58. The monoisotopic (exact) mass is 798 g/mol. The van der Waals surface area contributed by atoms with Gasteiger partial charge >= 0.3 is 0 Å². The molecule has 0 saturated carbocycles. The molecule has 12 bridgehead atoms. The van der Waals surface area contributed by atoms with Crippen molar-refractivity contribution in [3.63, 3.8) is 0 Å². The largest absolute Gasteiger partial charge is 0.507 e. The van der Waals surface area contributed by atoms with Crippen LogP contribution in [0.2, 0.25) is 0 Å². The fourth-order valence-electron chi connectivity index (χ4n) is 9.50. The smallest absolute Gasteiger partial charge is 0.200 e. The minimum atomic E-state index is -0.649. The Morgan fingerprint density at radius 1 is 0.583 bits per heavy atom. The van der Waals surface area contributed by atoms with Crippen molar-refractivity contribution in [2.45, 2.75) is 130 Å². The van der Waals surface area contributed by atoms with Crippen LogP contribution in [0.4, 0.5) is 17.1 Å². The van der Waals surface area contributed by atoms with Crippen LogP contribution in [0.25, 0.3) is 39.0 Å².